The number of hydrogen-bond donors (Lipinski definition) is 0. The number of nitrogens with zero attached hydrogens (tertiary/aromatic N) is 5. The van der Waals surface area contributed by atoms with Gasteiger partial charge in [0, 0.05) is 81.9 Å². The Morgan fingerprint density at radius 3 is 1.24 bits per heavy atom. The van der Waals surface area contributed by atoms with E-state index in [1.165, 1.54) is 149 Å². The molecule has 0 fully saturated rings. The molecule has 20 rings (SSSR count). The van der Waals surface area contributed by atoms with Crippen LogP contribution < -0.4 is 0 Å². The van der Waals surface area contributed by atoms with Crippen LogP contribution >= 0.6 is 0 Å². The maximum Gasteiger partial charge on any atom is 0.0747 e. The predicted molar refractivity (Wildman–Crippen MR) is 350 cm³/mol. The fraction of sp³-hybridized carbons (Fsp3) is 0.0625. The minimum atomic E-state index is 0.969. The molecular formula is C80H55N5. The van der Waals surface area contributed by atoms with Crippen LogP contribution in [0.3, 0.4) is 0 Å². The summed E-state index contributed by atoms with van der Waals surface area (Å²) in [6, 6.07) is 86.2. The highest BCUT2D eigenvalue weighted by atomic mass is 14.7. The van der Waals surface area contributed by atoms with E-state index < -0.39 is 0 Å². The van der Waals surface area contributed by atoms with Gasteiger partial charge in [-0.3, -0.25) is 19.9 Å². The zero-order chi connectivity index (χ0) is 56.2. The number of aromatic nitrogens is 5. The molecule has 0 aliphatic heterocycles. The van der Waals surface area contributed by atoms with Crippen molar-refractivity contribution in [3.63, 3.8) is 0 Å². The minimum absolute atomic E-state index is 0.969. The van der Waals surface area contributed by atoms with Gasteiger partial charge in [-0.25, -0.2) is 4.98 Å². The molecule has 85 heavy (non-hydrogen) atoms. The van der Waals surface area contributed by atoms with Crippen molar-refractivity contribution in [3.05, 3.63) is 329 Å². The number of benzene rings is 10. The molecule has 5 heterocycles. The summed E-state index contributed by atoms with van der Waals surface area (Å²) in [5.74, 6) is 0. The van der Waals surface area contributed by atoms with Gasteiger partial charge in [0.25, 0.3) is 0 Å². The highest BCUT2D eigenvalue weighted by Gasteiger charge is 2.23. The molecule has 5 nitrogen and oxygen atoms in total. The summed E-state index contributed by atoms with van der Waals surface area (Å²) in [7, 11) is 0. The molecular weight excluding hydrogens is 1030 g/mol. The summed E-state index contributed by atoms with van der Waals surface area (Å²) in [5, 5.41) is 8.71. The minimum Gasteiger partial charge on any atom is -0.264 e. The van der Waals surface area contributed by atoms with E-state index >= 15 is 0 Å². The molecule has 0 amide bonds. The summed E-state index contributed by atoms with van der Waals surface area (Å²) in [6.45, 7) is 0. The van der Waals surface area contributed by atoms with Crippen LogP contribution in [0.4, 0.5) is 0 Å². The topological polar surface area (TPSA) is 64.5 Å². The van der Waals surface area contributed by atoms with Crippen molar-refractivity contribution in [2.24, 2.45) is 0 Å². The lowest BCUT2D eigenvalue weighted by molar-refractivity contribution is 1.15. The Balaban J connectivity index is 0.0000000865. The number of pyridine rings is 5. The standard InChI is InChI=1S/5C16H11N/c1-3-7-13-11(5-1)10-16-14(13)9-12-6-2-4-8-15(12)17-16;1-3-7-14-11(5-1)9-13-10-12-6-2-4-8-15(12)17-16(13)14;1-2-6-14-11(4-1)8-13-9-12-5-3-7-17-16(12)10-15(13)14;1-2-4-15-12(3-1)7-13-8-14-10-17-6-5-11(14)9-16(13)15;1-2-4-15-12(3-1)8-13-7-11-5-6-17-10-14(11)9-16(13)15/h1-9H,10H2;1-8,10H,9H2;1-7,9-10H,8H2;1-6,8-10H,7H2;1-7,9-10H,8H2. The fourth-order valence-corrected chi connectivity index (χ4v) is 13.4. The van der Waals surface area contributed by atoms with Gasteiger partial charge in [-0.05, 0) is 192 Å². The van der Waals surface area contributed by atoms with Crippen molar-refractivity contribution in [2.75, 3.05) is 0 Å². The van der Waals surface area contributed by atoms with Crippen molar-refractivity contribution in [1.82, 2.24) is 24.9 Å². The van der Waals surface area contributed by atoms with Gasteiger partial charge in [-0.2, -0.15) is 0 Å². The van der Waals surface area contributed by atoms with Gasteiger partial charge in [0.15, 0.2) is 0 Å². The first-order valence-electron chi connectivity index (χ1n) is 29.4. The molecule has 5 aromatic heterocycles. The van der Waals surface area contributed by atoms with Crippen molar-refractivity contribution >= 4 is 54.3 Å². The molecule has 0 spiro atoms. The van der Waals surface area contributed by atoms with Crippen molar-refractivity contribution in [1.29, 1.82) is 0 Å². The third-order valence-corrected chi connectivity index (χ3v) is 17.5. The highest BCUT2D eigenvalue weighted by molar-refractivity contribution is 5.94. The van der Waals surface area contributed by atoms with Crippen molar-refractivity contribution in [2.45, 2.75) is 32.1 Å². The van der Waals surface area contributed by atoms with Crippen molar-refractivity contribution in [3.8, 4) is 55.8 Å². The Kier molecular flexibility index (Phi) is 12.5. The Hall–Kier alpha value is -10.8. The Bertz CT molecular complexity index is 4390. The lowest BCUT2D eigenvalue weighted by atomic mass is 10.0. The van der Waals surface area contributed by atoms with Crippen LogP contribution in [-0.4, -0.2) is 24.9 Å². The van der Waals surface area contributed by atoms with Gasteiger partial charge < -0.3 is 0 Å². The normalized spacial score (nSPS) is 12.5. The molecule has 0 bridgehead atoms. The molecule has 5 aliphatic rings. The molecule has 5 heteroatoms. The highest BCUT2D eigenvalue weighted by Crippen LogP contribution is 2.42. The molecule has 0 saturated heterocycles. The molecule has 400 valence electrons. The van der Waals surface area contributed by atoms with E-state index in [1.807, 2.05) is 49.2 Å². The van der Waals surface area contributed by atoms with E-state index in [0.29, 0.717) is 0 Å². The largest absolute Gasteiger partial charge is 0.264 e. The third-order valence-electron chi connectivity index (χ3n) is 17.5. The number of hydrogen-bond acceptors (Lipinski definition) is 5. The van der Waals surface area contributed by atoms with Crippen LogP contribution in [-0.2, 0) is 32.1 Å². The Morgan fingerprint density at radius 2 is 0.612 bits per heavy atom. The van der Waals surface area contributed by atoms with Crippen LogP contribution in [0.15, 0.2) is 274 Å². The first-order chi connectivity index (χ1) is 42.1. The van der Waals surface area contributed by atoms with Gasteiger partial charge in [0.2, 0.25) is 0 Å². The molecule has 0 radical (unpaired) electrons. The predicted octanol–water partition coefficient (Wildman–Crippen LogP) is 19.0. The molecule has 0 unspecified atom stereocenters. The van der Waals surface area contributed by atoms with Gasteiger partial charge in [-0.15, -0.1) is 0 Å². The second-order valence-electron chi connectivity index (χ2n) is 22.7. The lowest BCUT2D eigenvalue weighted by Gasteiger charge is -2.03. The Labute approximate surface area is 493 Å². The molecule has 0 saturated carbocycles. The van der Waals surface area contributed by atoms with Gasteiger partial charge >= 0.3 is 0 Å². The summed E-state index contributed by atoms with van der Waals surface area (Å²) >= 11 is 0. The molecule has 15 aromatic rings. The lowest BCUT2D eigenvalue weighted by Crippen LogP contribution is -1.87. The van der Waals surface area contributed by atoms with Crippen LogP contribution in [0.1, 0.15) is 55.8 Å². The van der Waals surface area contributed by atoms with E-state index in [9.17, 15) is 0 Å². The van der Waals surface area contributed by atoms with Crippen LogP contribution in [0.25, 0.3) is 110 Å². The first-order valence-corrected chi connectivity index (χ1v) is 29.4. The van der Waals surface area contributed by atoms with Gasteiger partial charge in [-0.1, -0.05) is 170 Å². The molecule has 10 aromatic carbocycles. The van der Waals surface area contributed by atoms with Gasteiger partial charge in [0.05, 0.1) is 27.9 Å². The fourth-order valence-electron chi connectivity index (χ4n) is 13.4. The summed E-state index contributed by atoms with van der Waals surface area (Å²) in [4.78, 5) is 22.4. The average molecular weight is 1090 g/mol. The monoisotopic (exact) mass is 1090 g/mol. The van der Waals surface area contributed by atoms with Crippen LogP contribution in [0.2, 0.25) is 0 Å². The van der Waals surface area contributed by atoms with E-state index in [-0.39, 0.29) is 0 Å². The summed E-state index contributed by atoms with van der Waals surface area (Å²) in [5.41, 5.74) is 30.6. The maximum absolute atomic E-state index is 4.80. The van der Waals surface area contributed by atoms with Gasteiger partial charge in [0.1, 0.15) is 0 Å². The summed E-state index contributed by atoms with van der Waals surface area (Å²) < 4.78 is 0. The zero-order valence-corrected chi connectivity index (χ0v) is 46.8. The number of fused-ring (bicyclic) bond motifs is 20. The average Bonchev–Trinajstić information content (AvgIpc) is 3.09. The molecule has 5 aliphatic carbocycles. The smallest absolute Gasteiger partial charge is 0.0747 e. The van der Waals surface area contributed by atoms with Crippen LogP contribution in [0, 0.1) is 0 Å². The number of rotatable bonds is 0. The quantitative estimate of drug-likeness (QED) is 0.151. The zero-order valence-electron chi connectivity index (χ0n) is 46.8. The van der Waals surface area contributed by atoms with Crippen molar-refractivity contribution < 1.29 is 0 Å². The third kappa shape index (κ3) is 9.37. The van der Waals surface area contributed by atoms with E-state index in [4.69, 9.17) is 9.97 Å². The maximum atomic E-state index is 4.80. The second-order valence-corrected chi connectivity index (χ2v) is 22.7. The number of para-hydroxylation sites is 2. The Morgan fingerprint density at radius 1 is 0.224 bits per heavy atom. The van der Waals surface area contributed by atoms with E-state index in [2.05, 4.69) is 239 Å². The van der Waals surface area contributed by atoms with E-state index in [1.54, 1.807) is 0 Å². The first kappa shape index (κ1) is 50.0. The molecule has 0 N–H and O–H groups in total. The van der Waals surface area contributed by atoms with E-state index in [0.717, 1.165) is 48.7 Å². The molecule has 0 atom stereocenters. The van der Waals surface area contributed by atoms with Crippen LogP contribution in [0.5, 0.6) is 0 Å². The summed E-state index contributed by atoms with van der Waals surface area (Å²) in [6.07, 6.45) is 14.6. The SMILES string of the molecule is c1ccc2c(c1)Cc1cc3ccccc3nc1-2.c1ccc2c(c1)Cc1cc3cccnc3cc1-2.c1ccc2c(c1)Cc1cc3ccncc3cc1-2.c1ccc2c(c1)Cc1cc3cnccc3cc1-2.c1ccc2c(c1)Cc1nc3ccccc3cc1-2. The second kappa shape index (κ2) is 21.2.